The van der Waals surface area contributed by atoms with E-state index >= 15 is 0 Å². The third-order valence-corrected chi connectivity index (χ3v) is 2.89. The van der Waals surface area contributed by atoms with Gasteiger partial charge in [-0.1, -0.05) is 12.1 Å². The Kier molecular flexibility index (Phi) is 3.12. The molecule has 0 amide bonds. The van der Waals surface area contributed by atoms with Crippen LogP contribution < -0.4 is 10.1 Å². The van der Waals surface area contributed by atoms with Gasteiger partial charge in [-0.2, -0.15) is 9.64 Å². The second-order valence-corrected chi connectivity index (χ2v) is 3.92. The average molecular weight is 247 g/mol. The van der Waals surface area contributed by atoms with E-state index in [9.17, 15) is 5.11 Å². The molecule has 1 aromatic carbocycles. The van der Waals surface area contributed by atoms with Crippen LogP contribution in [0.5, 0.6) is 11.6 Å². The van der Waals surface area contributed by atoms with Gasteiger partial charge in [-0.05, 0) is 23.7 Å². The number of nitrogens with one attached hydrogen (secondary N) is 1. The van der Waals surface area contributed by atoms with E-state index in [-0.39, 0.29) is 11.4 Å². The van der Waals surface area contributed by atoms with Gasteiger partial charge in [0.1, 0.15) is 16.8 Å². The lowest BCUT2D eigenvalue weighted by Gasteiger charge is -2.08. The summed E-state index contributed by atoms with van der Waals surface area (Å²) in [7, 11) is 1.57. The highest BCUT2D eigenvalue weighted by atomic mass is 32.1. The van der Waals surface area contributed by atoms with Gasteiger partial charge in [0, 0.05) is 0 Å². The topological polar surface area (TPSA) is 78.2 Å². The van der Waals surface area contributed by atoms with Crippen LogP contribution >= 0.6 is 11.5 Å². The molecule has 0 fully saturated rings. The lowest BCUT2D eigenvalue weighted by atomic mass is 10.3. The van der Waals surface area contributed by atoms with E-state index in [0.717, 1.165) is 17.2 Å². The summed E-state index contributed by atoms with van der Waals surface area (Å²) in [6.45, 7) is 0. The first-order valence-corrected chi connectivity index (χ1v) is 5.52. The van der Waals surface area contributed by atoms with E-state index in [2.05, 4.69) is 9.69 Å². The van der Waals surface area contributed by atoms with E-state index in [0.29, 0.717) is 10.8 Å². The molecule has 0 radical (unpaired) electrons. The van der Waals surface area contributed by atoms with Crippen molar-refractivity contribution in [3.8, 4) is 17.7 Å². The SMILES string of the molecule is COc1ccccc1Nc1snc(O)c1C#N. The Labute approximate surface area is 102 Å². The first-order valence-electron chi connectivity index (χ1n) is 4.75. The molecule has 2 N–H and O–H groups in total. The summed E-state index contributed by atoms with van der Waals surface area (Å²) >= 11 is 1.03. The molecular formula is C11H9N3O2S. The molecule has 0 unspecified atom stereocenters. The van der Waals surface area contributed by atoms with Crippen LogP contribution in [0.2, 0.25) is 0 Å². The van der Waals surface area contributed by atoms with Crippen molar-refractivity contribution in [3.63, 3.8) is 0 Å². The largest absolute Gasteiger partial charge is 0.495 e. The van der Waals surface area contributed by atoms with E-state index in [1.54, 1.807) is 13.2 Å². The highest BCUT2D eigenvalue weighted by Crippen LogP contribution is 2.34. The zero-order valence-electron chi connectivity index (χ0n) is 8.97. The van der Waals surface area contributed by atoms with Gasteiger partial charge in [0.25, 0.3) is 0 Å². The first kappa shape index (κ1) is 11.2. The van der Waals surface area contributed by atoms with Crippen LogP contribution in [0.4, 0.5) is 10.7 Å². The Morgan fingerprint density at radius 2 is 2.24 bits per heavy atom. The molecule has 1 aromatic heterocycles. The predicted octanol–water partition coefficient (Wildman–Crippen LogP) is 2.47. The number of nitriles is 1. The molecule has 0 saturated heterocycles. The number of benzene rings is 1. The summed E-state index contributed by atoms with van der Waals surface area (Å²) in [5, 5.41) is 21.7. The number of anilines is 2. The number of hydrogen-bond donors (Lipinski definition) is 2. The number of nitrogens with zero attached hydrogens (tertiary/aromatic N) is 2. The third kappa shape index (κ3) is 2.14. The number of ether oxygens (including phenoxy) is 1. The van der Waals surface area contributed by atoms with Crippen molar-refractivity contribution < 1.29 is 9.84 Å². The van der Waals surface area contributed by atoms with Gasteiger partial charge in [-0.3, -0.25) is 0 Å². The lowest BCUT2D eigenvalue weighted by molar-refractivity contribution is 0.417. The van der Waals surface area contributed by atoms with Crippen LogP contribution in [-0.2, 0) is 0 Å². The van der Waals surface area contributed by atoms with Gasteiger partial charge in [0.05, 0.1) is 12.8 Å². The maximum Gasteiger partial charge on any atom is 0.243 e. The summed E-state index contributed by atoms with van der Waals surface area (Å²) in [5.74, 6) is 0.402. The predicted molar refractivity (Wildman–Crippen MR) is 64.8 cm³/mol. The van der Waals surface area contributed by atoms with E-state index < -0.39 is 0 Å². The zero-order valence-corrected chi connectivity index (χ0v) is 9.78. The molecule has 2 rings (SSSR count). The molecule has 5 nitrogen and oxygen atoms in total. The van der Waals surface area contributed by atoms with E-state index in [4.69, 9.17) is 10.00 Å². The monoisotopic (exact) mass is 247 g/mol. The van der Waals surface area contributed by atoms with Gasteiger partial charge in [0.15, 0.2) is 5.56 Å². The summed E-state index contributed by atoms with van der Waals surface area (Å²) in [5.41, 5.74) is 0.857. The molecule has 86 valence electrons. The molecule has 0 bridgehead atoms. The van der Waals surface area contributed by atoms with Crippen molar-refractivity contribution in [3.05, 3.63) is 29.8 Å². The minimum Gasteiger partial charge on any atom is -0.495 e. The Balaban J connectivity index is 2.35. The molecule has 1 heterocycles. The average Bonchev–Trinajstić information content (AvgIpc) is 2.70. The van der Waals surface area contributed by atoms with Crippen molar-refractivity contribution >= 4 is 22.2 Å². The standard InChI is InChI=1S/C11H9N3O2S/c1-16-9-5-3-2-4-8(9)13-11-7(6-12)10(15)14-17-11/h2-5,13H,1H3,(H,14,15). The van der Waals surface area contributed by atoms with Gasteiger partial charge in [-0.15, -0.1) is 0 Å². The Morgan fingerprint density at radius 1 is 1.47 bits per heavy atom. The molecule has 0 atom stereocenters. The van der Waals surface area contributed by atoms with Crippen molar-refractivity contribution in [1.82, 2.24) is 4.37 Å². The van der Waals surface area contributed by atoms with Crippen molar-refractivity contribution in [1.29, 1.82) is 5.26 Å². The van der Waals surface area contributed by atoms with Gasteiger partial charge >= 0.3 is 0 Å². The molecule has 0 aliphatic heterocycles. The van der Waals surface area contributed by atoms with Crippen LogP contribution in [-0.4, -0.2) is 16.6 Å². The molecule has 0 aliphatic rings. The fourth-order valence-electron chi connectivity index (χ4n) is 1.34. The van der Waals surface area contributed by atoms with Crippen LogP contribution in [0.15, 0.2) is 24.3 Å². The molecule has 0 saturated carbocycles. The number of hydrogen-bond acceptors (Lipinski definition) is 6. The highest BCUT2D eigenvalue weighted by Gasteiger charge is 2.13. The first-order chi connectivity index (χ1) is 8.26. The molecule has 2 aromatic rings. The maximum atomic E-state index is 9.34. The summed E-state index contributed by atoms with van der Waals surface area (Å²) < 4.78 is 8.88. The van der Waals surface area contributed by atoms with Crippen LogP contribution in [0.1, 0.15) is 5.56 Å². The number of para-hydroxylation sites is 2. The molecule has 0 aliphatic carbocycles. The van der Waals surface area contributed by atoms with Crippen LogP contribution in [0.25, 0.3) is 0 Å². The van der Waals surface area contributed by atoms with Crippen LogP contribution in [0.3, 0.4) is 0 Å². The minimum absolute atomic E-state index is 0.140. The normalized spacial score (nSPS) is 9.65. The maximum absolute atomic E-state index is 9.34. The Morgan fingerprint density at radius 3 is 2.94 bits per heavy atom. The van der Waals surface area contributed by atoms with E-state index in [1.165, 1.54) is 0 Å². The van der Waals surface area contributed by atoms with Crippen molar-refractivity contribution in [2.24, 2.45) is 0 Å². The van der Waals surface area contributed by atoms with Gasteiger partial charge in [0.2, 0.25) is 5.88 Å². The number of methoxy groups -OCH3 is 1. The minimum atomic E-state index is -0.255. The second-order valence-electron chi connectivity index (χ2n) is 3.15. The summed E-state index contributed by atoms with van der Waals surface area (Å²) in [6.07, 6.45) is 0. The molecule has 17 heavy (non-hydrogen) atoms. The van der Waals surface area contributed by atoms with Crippen molar-refractivity contribution in [2.45, 2.75) is 0 Å². The molecular weight excluding hydrogens is 238 g/mol. The fourth-order valence-corrected chi connectivity index (χ4v) is 1.99. The highest BCUT2D eigenvalue weighted by molar-refractivity contribution is 7.10. The van der Waals surface area contributed by atoms with Crippen molar-refractivity contribution in [2.75, 3.05) is 12.4 Å². The van der Waals surface area contributed by atoms with Crippen LogP contribution in [0, 0.1) is 11.3 Å². The second kappa shape index (κ2) is 4.72. The number of aromatic hydroxyl groups is 1. The zero-order chi connectivity index (χ0) is 12.3. The lowest BCUT2D eigenvalue weighted by Crippen LogP contribution is -1.93. The number of rotatable bonds is 3. The Bertz CT molecular complexity index is 574. The molecule has 0 spiro atoms. The number of aromatic nitrogens is 1. The summed E-state index contributed by atoms with van der Waals surface area (Å²) in [4.78, 5) is 0. The third-order valence-electron chi connectivity index (χ3n) is 2.14. The van der Waals surface area contributed by atoms with E-state index in [1.807, 2.05) is 24.3 Å². The quantitative estimate of drug-likeness (QED) is 0.871. The van der Waals surface area contributed by atoms with Gasteiger partial charge < -0.3 is 15.2 Å². The van der Waals surface area contributed by atoms with Gasteiger partial charge in [-0.25, -0.2) is 0 Å². The Hall–Kier alpha value is -2.26. The fraction of sp³-hybridized carbons (Fsp3) is 0.0909. The molecule has 6 heteroatoms. The summed E-state index contributed by atoms with van der Waals surface area (Å²) in [6, 6.07) is 9.20. The smallest absolute Gasteiger partial charge is 0.243 e.